The van der Waals surface area contributed by atoms with Gasteiger partial charge in [-0.3, -0.25) is 5.32 Å². The molecule has 2 amide bonds. The molecule has 3 aromatic rings. The molecular formula is C14H11ClN4O. The number of anilines is 2. The van der Waals surface area contributed by atoms with Crippen molar-refractivity contribution in [3.63, 3.8) is 0 Å². The van der Waals surface area contributed by atoms with Crippen molar-refractivity contribution in [1.29, 1.82) is 0 Å². The molecule has 0 saturated carbocycles. The molecule has 0 aliphatic carbocycles. The Labute approximate surface area is 120 Å². The van der Waals surface area contributed by atoms with E-state index in [1.54, 1.807) is 30.5 Å². The van der Waals surface area contributed by atoms with Gasteiger partial charge in [-0.05, 0) is 30.3 Å². The second kappa shape index (κ2) is 5.22. The molecule has 2 N–H and O–H groups in total. The molecule has 0 saturated heterocycles. The molecule has 1 aromatic carbocycles. The predicted octanol–water partition coefficient (Wildman–Crippen LogP) is 3.63. The maximum absolute atomic E-state index is 11.9. The van der Waals surface area contributed by atoms with E-state index in [1.807, 2.05) is 28.8 Å². The van der Waals surface area contributed by atoms with E-state index in [1.165, 1.54) is 0 Å². The number of hydrogen-bond acceptors (Lipinski definition) is 2. The lowest BCUT2D eigenvalue weighted by molar-refractivity contribution is 0.262. The fourth-order valence-corrected chi connectivity index (χ4v) is 2.03. The number of nitrogens with one attached hydrogen (secondary N) is 2. The van der Waals surface area contributed by atoms with E-state index in [9.17, 15) is 4.79 Å². The van der Waals surface area contributed by atoms with Crippen LogP contribution in [0.1, 0.15) is 0 Å². The Morgan fingerprint density at radius 2 is 2.05 bits per heavy atom. The Morgan fingerprint density at radius 1 is 1.15 bits per heavy atom. The van der Waals surface area contributed by atoms with Crippen LogP contribution in [0.4, 0.5) is 16.3 Å². The number of imidazole rings is 1. The Morgan fingerprint density at radius 3 is 2.85 bits per heavy atom. The van der Waals surface area contributed by atoms with Crippen LogP contribution in [-0.2, 0) is 0 Å². The van der Waals surface area contributed by atoms with Crippen molar-refractivity contribution >= 4 is 34.8 Å². The Hall–Kier alpha value is -2.53. The van der Waals surface area contributed by atoms with Gasteiger partial charge in [-0.25, -0.2) is 9.78 Å². The lowest BCUT2D eigenvalue weighted by atomic mass is 10.3. The number of nitrogens with zero attached hydrogens (tertiary/aromatic N) is 2. The molecule has 0 bridgehead atoms. The molecule has 0 radical (unpaired) electrons. The maximum atomic E-state index is 11.9. The van der Waals surface area contributed by atoms with Crippen LogP contribution >= 0.6 is 11.6 Å². The number of aromatic nitrogens is 2. The number of benzene rings is 1. The van der Waals surface area contributed by atoms with Crippen molar-refractivity contribution < 1.29 is 4.79 Å². The van der Waals surface area contributed by atoms with Crippen molar-refractivity contribution in [2.24, 2.45) is 0 Å². The van der Waals surface area contributed by atoms with Gasteiger partial charge in [-0.2, -0.15) is 0 Å². The lowest BCUT2D eigenvalue weighted by Crippen LogP contribution is -2.19. The Bertz CT molecular complexity index is 735. The van der Waals surface area contributed by atoms with Gasteiger partial charge < -0.3 is 9.72 Å². The summed E-state index contributed by atoms with van der Waals surface area (Å²) in [6, 6.07) is 12.2. The fourth-order valence-electron chi connectivity index (χ4n) is 1.84. The van der Waals surface area contributed by atoms with Crippen LogP contribution in [0, 0.1) is 0 Å². The number of carbonyl (C=O) groups is 1. The summed E-state index contributed by atoms with van der Waals surface area (Å²) in [6.07, 6.45) is 3.61. The minimum atomic E-state index is -0.365. The van der Waals surface area contributed by atoms with Crippen LogP contribution in [-0.4, -0.2) is 15.4 Å². The van der Waals surface area contributed by atoms with Crippen molar-refractivity contribution in [2.45, 2.75) is 0 Å². The van der Waals surface area contributed by atoms with Crippen LogP contribution in [0.25, 0.3) is 5.65 Å². The van der Waals surface area contributed by atoms with Crippen LogP contribution in [0.5, 0.6) is 0 Å². The van der Waals surface area contributed by atoms with Crippen LogP contribution in [0.3, 0.4) is 0 Å². The second-order valence-electron chi connectivity index (χ2n) is 4.18. The number of hydrogen-bond donors (Lipinski definition) is 2. The zero-order valence-corrected chi connectivity index (χ0v) is 11.1. The SMILES string of the molecule is O=C(Nc1cccc(Cl)c1)Nc1cn2ccccc2n1. The number of carbonyl (C=O) groups excluding carboxylic acids is 1. The first-order chi connectivity index (χ1) is 9.70. The van der Waals surface area contributed by atoms with Gasteiger partial charge in [-0.15, -0.1) is 0 Å². The summed E-state index contributed by atoms with van der Waals surface area (Å²) < 4.78 is 1.83. The molecule has 6 heteroatoms. The normalized spacial score (nSPS) is 10.4. The van der Waals surface area contributed by atoms with E-state index >= 15 is 0 Å². The molecular weight excluding hydrogens is 276 g/mol. The van der Waals surface area contributed by atoms with E-state index in [0.717, 1.165) is 5.65 Å². The number of amides is 2. The molecule has 0 fully saturated rings. The summed E-state index contributed by atoms with van der Waals surface area (Å²) >= 11 is 5.85. The number of halogens is 1. The summed E-state index contributed by atoms with van der Waals surface area (Å²) in [5.74, 6) is 0.482. The molecule has 5 nitrogen and oxygen atoms in total. The summed E-state index contributed by atoms with van der Waals surface area (Å²) in [5.41, 5.74) is 1.39. The van der Waals surface area contributed by atoms with Gasteiger partial charge in [0.25, 0.3) is 0 Å². The molecule has 100 valence electrons. The molecule has 0 aliphatic rings. The predicted molar refractivity (Wildman–Crippen MR) is 79.3 cm³/mol. The van der Waals surface area contributed by atoms with Gasteiger partial charge in [0.15, 0.2) is 5.82 Å². The topological polar surface area (TPSA) is 58.4 Å². The van der Waals surface area contributed by atoms with E-state index < -0.39 is 0 Å². The minimum Gasteiger partial charge on any atom is -0.308 e. The van der Waals surface area contributed by atoms with Gasteiger partial charge in [0.2, 0.25) is 0 Å². The molecule has 0 spiro atoms. The highest BCUT2D eigenvalue weighted by molar-refractivity contribution is 6.30. The molecule has 0 atom stereocenters. The number of rotatable bonds is 2. The van der Waals surface area contributed by atoms with Crippen LogP contribution in [0.15, 0.2) is 54.9 Å². The first-order valence-corrected chi connectivity index (χ1v) is 6.36. The molecule has 0 aliphatic heterocycles. The quantitative estimate of drug-likeness (QED) is 0.756. The molecule has 2 aromatic heterocycles. The summed E-state index contributed by atoms with van der Waals surface area (Å²) in [6.45, 7) is 0. The lowest BCUT2D eigenvalue weighted by Gasteiger charge is -2.05. The second-order valence-corrected chi connectivity index (χ2v) is 4.62. The Kier molecular flexibility index (Phi) is 3.26. The fraction of sp³-hybridized carbons (Fsp3) is 0. The van der Waals surface area contributed by atoms with Gasteiger partial charge in [0.05, 0.1) is 6.20 Å². The van der Waals surface area contributed by atoms with Crippen molar-refractivity contribution in [3.05, 3.63) is 59.9 Å². The summed E-state index contributed by atoms with van der Waals surface area (Å²) in [7, 11) is 0. The van der Waals surface area contributed by atoms with Crippen molar-refractivity contribution in [3.8, 4) is 0 Å². The first kappa shape index (κ1) is 12.5. The third-order valence-electron chi connectivity index (χ3n) is 2.69. The van der Waals surface area contributed by atoms with E-state index in [0.29, 0.717) is 16.5 Å². The Balaban J connectivity index is 1.72. The summed E-state index contributed by atoms with van der Waals surface area (Å²) in [5, 5.41) is 5.93. The van der Waals surface area contributed by atoms with Crippen LogP contribution < -0.4 is 10.6 Å². The maximum Gasteiger partial charge on any atom is 0.324 e. The van der Waals surface area contributed by atoms with Crippen molar-refractivity contribution in [2.75, 3.05) is 10.6 Å². The average Bonchev–Trinajstić information content (AvgIpc) is 2.80. The number of urea groups is 1. The highest BCUT2D eigenvalue weighted by atomic mass is 35.5. The summed E-state index contributed by atoms with van der Waals surface area (Å²) in [4.78, 5) is 16.1. The van der Waals surface area contributed by atoms with Gasteiger partial charge in [0.1, 0.15) is 5.65 Å². The smallest absolute Gasteiger partial charge is 0.308 e. The van der Waals surface area contributed by atoms with E-state index in [4.69, 9.17) is 11.6 Å². The largest absolute Gasteiger partial charge is 0.324 e. The molecule has 2 heterocycles. The van der Waals surface area contributed by atoms with Gasteiger partial charge in [-0.1, -0.05) is 23.7 Å². The van der Waals surface area contributed by atoms with E-state index in [-0.39, 0.29) is 6.03 Å². The average molecular weight is 287 g/mol. The zero-order chi connectivity index (χ0) is 13.9. The van der Waals surface area contributed by atoms with E-state index in [2.05, 4.69) is 15.6 Å². The highest BCUT2D eigenvalue weighted by Gasteiger charge is 2.06. The zero-order valence-electron chi connectivity index (χ0n) is 10.4. The van der Waals surface area contributed by atoms with Crippen LogP contribution in [0.2, 0.25) is 5.02 Å². The third-order valence-corrected chi connectivity index (χ3v) is 2.92. The van der Waals surface area contributed by atoms with Crippen molar-refractivity contribution in [1.82, 2.24) is 9.38 Å². The molecule has 20 heavy (non-hydrogen) atoms. The standard InChI is InChI=1S/C14H11ClN4O/c15-10-4-3-5-11(8-10)16-14(20)18-12-9-19-7-2-1-6-13(19)17-12/h1-9H,(H2,16,18,20). The monoisotopic (exact) mass is 286 g/mol. The first-order valence-electron chi connectivity index (χ1n) is 5.98. The minimum absolute atomic E-state index is 0.365. The molecule has 0 unspecified atom stereocenters. The van der Waals surface area contributed by atoms with Gasteiger partial charge in [0, 0.05) is 16.9 Å². The molecule has 3 rings (SSSR count). The van der Waals surface area contributed by atoms with Gasteiger partial charge >= 0.3 is 6.03 Å². The highest BCUT2D eigenvalue weighted by Crippen LogP contribution is 2.15. The number of pyridine rings is 1. The third kappa shape index (κ3) is 2.73. The number of fused-ring (bicyclic) bond motifs is 1.